The van der Waals surface area contributed by atoms with Crippen LogP contribution in [0, 0.1) is 5.92 Å². The molecule has 1 aromatic carbocycles. The minimum absolute atomic E-state index is 0.0692. The van der Waals surface area contributed by atoms with Gasteiger partial charge < -0.3 is 14.6 Å². The molecule has 0 radical (unpaired) electrons. The normalized spacial score (nSPS) is 16.2. The topological polar surface area (TPSA) is 89.0 Å². The largest absolute Gasteiger partial charge is 0.503 e. The molecule has 2 heterocycles. The second-order valence-electron chi connectivity index (χ2n) is 7.80. The summed E-state index contributed by atoms with van der Waals surface area (Å²) in [4.78, 5) is 33.2. The predicted molar refractivity (Wildman–Crippen MR) is 124 cm³/mol. The van der Waals surface area contributed by atoms with Gasteiger partial charge in [0.1, 0.15) is 12.6 Å². The van der Waals surface area contributed by atoms with Crippen LogP contribution in [0.15, 0.2) is 58.8 Å². The molecule has 1 aliphatic heterocycles. The predicted octanol–water partition coefficient (Wildman–Crippen LogP) is 4.34. The van der Waals surface area contributed by atoms with Crippen LogP contribution in [0.5, 0.6) is 5.88 Å². The molecular weight excluding hydrogens is 428 g/mol. The van der Waals surface area contributed by atoms with E-state index in [0.717, 1.165) is 4.90 Å². The van der Waals surface area contributed by atoms with Crippen molar-refractivity contribution in [3.63, 3.8) is 0 Å². The number of aliphatic hydroxyl groups excluding tert-OH is 1. The highest BCUT2D eigenvalue weighted by Gasteiger charge is 2.45. The summed E-state index contributed by atoms with van der Waals surface area (Å²) in [5.41, 5.74) is 1.17. The molecule has 0 spiro atoms. The van der Waals surface area contributed by atoms with Crippen molar-refractivity contribution in [3.8, 4) is 5.88 Å². The lowest BCUT2D eigenvalue weighted by molar-refractivity contribution is -0.118. The van der Waals surface area contributed by atoms with E-state index in [1.165, 1.54) is 4.90 Å². The van der Waals surface area contributed by atoms with Crippen LogP contribution in [0.2, 0.25) is 0 Å². The van der Waals surface area contributed by atoms with Gasteiger partial charge >= 0.3 is 0 Å². The number of Topliss-reactive ketones (excluding diaryl/α,β-unsaturated/α-hetero) is 1. The molecule has 1 aliphatic rings. The van der Waals surface area contributed by atoms with Crippen LogP contribution in [0.4, 0.5) is 5.69 Å². The monoisotopic (exact) mass is 456 g/mol. The molecule has 1 aromatic heterocycles. The lowest BCUT2D eigenvalue weighted by Gasteiger charge is -2.28. The molecule has 2 aromatic rings. The third-order valence-electron chi connectivity index (χ3n) is 5.07. The number of thioether (sulfide) groups is 1. The summed E-state index contributed by atoms with van der Waals surface area (Å²) in [6, 6.07) is 10.0. The highest BCUT2D eigenvalue weighted by molar-refractivity contribution is 7.98. The Morgan fingerprint density at radius 1 is 1.22 bits per heavy atom. The van der Waals surface area contributed by atoms with Gasteiger partial charge in [0, 0.05) is 35.9 Å². The van der Waals surface area contributed by atoms with E-state index in [1.54, 1.807) is 37.2 Å². The van der Waals surface area contributed by atoms with Crippen molar-refractivity contribution < 1.29 is 24.2 Å². The van der Waals surface area contributed by atoms with Crippen LogP contribution in [0.1, 0.15) is 31.9 Å². The summed E-state index contributed by atoms with van der Waals surface area (Å²) >= 11 is 1.59. The Kier molecular flexibility index (Phi) is 7.93. The third kappa shape index (κ3) is 4.97. The number of carbonyl (C=O) groups is 2. The number of rotatable bonds is 10. The molecule has 1 N–H and O–H groups in total. The number of nitrogens with zero attached hydrogens (tertiary/aromatic N) is 2. The van der Waals surface area contributed by atoms with Crippen LogP contribution in [-0.2, 0) is 14.3 Å². The summed E-state index contributed by atoms with van der Waals surface area (Å²) < 4.78 is 10.9. The number of pyridine rings is 1. The standard InChI is InChI=1S/C24H28N2O5S/c1-15(2)14-19(27)20-21(18-6-5-11-25-23(18)31-13-12-30-3)26(24(29)22(20)28)16-7-9-17(32-4)10-8-16/h5-11,15,21,28H,12-14H2,1-4H3. The number of aliphatic hydroxyl groups is 1. The molecule has 7 nitrogen and oxygen atoms in total. The summed E-state index contributed by atoms with van der Waals surface area (Å²) in [6.45, 7) is 4.46. The Bertz CT molecular complexity index is 1000. The maximum atomic E-state index is 13.2. The highest BCUT2D eigenvalue weighted by atomic mass is 32.2. The van der Waals surface area contributed by atoms with E-state index < -0.39 is 17.7 Å². The first-order chi connectivity index (χ1) is 15.4. The van der Waals surface area contributed by atoms with E-state index in [2.05, 4.69) is 4.98 Å². The number of methoxy groups -OCH3 is 1. The minimum Gasteiger partial charge on any atom is -0.503 e. The molecule has 3 rings (SSSR count). The molecule has 0 fully saturated rings. The van der Waals surface area contributed by atoms with Crippen molar-refractivity contribution >= 4 is 29.1 Å². The molecule has 8 heteroatoms. The highest BCUT2D eigenvalue weighted by Crippen LogP contribution is 2.44. The Morgan fingerprint density at radius 3 is 2.56 bits per heavy atom. The van der Waals surface area contributed by atoms with E-state index in [4.69, 9.17) is 9.47 Å². The van der Waals surface area contributed by atoms with Crippen molar-refractivity contribution in [3.05, 3.63) is 59.5 Å². The number of aromatic nitrogens is 1. The number of hydrogen-bond donors (Lipinski definition) is 1. The van der Waals surface area contributed by atoms with Gasteiger partial charge in [-0.1, -0.05) is 13.8 Å². The van der Waals surface area contributed by atoms with Gasteiger partial charge in [-0.05, 0) is 48.6 Å². The molecule has 0 aliphatic carbocycles. The zero-order chi connectivity index (χ0) is 23.3. The zero-order valence-corrected chi connectivity index (χ0v) is 19.5. The van der Waals surface area contributed by atoms with Gasteiger partial charge in [0.25, 0.3) is 5.91 Å². The van der Waals surface area contributed by atoms with Gasteiger partial charge in [0.15, 0.2) is 11.5 Å². The number of hydrogen-bond acceptors (Lipinski definition) is 7. The van der Waals surface area contributed by atoms with E-state index in [9.17, 15) is 14.7 Å². The number of anilines is 1. The molecule has 0 saturated heterocycles. The fraction of sp³-hybridized carbons (Fsp3) is 0.375. The van der Waals surface area contributed by atoms with E-state index in [1.807, 2.05) is 44.4 Å². The van der Waals surface area contributed by atoms with E-state index in [-0.39, 0.29) is 36.2 Å². The van der Waals surface area contributed by atoms with E-state index in [0.29, 0.717) is 17.9 Å². The van der Waals surface area contributed by atoms with Crippen molar-refractivity contribution in [2.45, 2.75) is 31.2 Å². The summed E-state index contributed by atoms with van der Waals surface area (Å²) in [5, 5.41) is 10.8. The average molecular weight is 457 g/mol. The summed E-state index contributed by atoms with van der Waals surface area (Å²) in [5.74, 6) is -1.06. The van der Waals surface area contributed by atoms with Gasteiger partial charge in [0.2, 0.25) is 5.88 Å². The van der Waals surface area contributed by atoms with Gasteiger partial charge in [-0.3, -0.25) is 14.5 Å². The molecule has 0 bridgehead atoms. The number of ether oxygens (including phenoxy) is 2. The second-order valence-corrected chi connectivity index (χ2v) is 8.68. The molecule has 1 unspecified atom stereocenters. The van der Waals surface area contributed by atoms with Crippen molar-refractivity contribution in [2.24, 2.45) is 5.92 Å². The quantitative estimate of drug-likeness (QED) is 0.420. The Balaban J connectivity index is 2.12. The first-order valence-electron chi connectivity index (χ1n) is 10.4. The smallest absolute Gasteiger partial charge is 0.294 e. The fourth-order valence-corrected chi connectivity index (χ4v) is 4.04. The number of benzene rings is 1. The average Bonchev–Trinajstić information content (AvgIpc) is 3.04. The summed E-state index contributed by atoms with van der Waals surface area (Å²) in [7, 11) is 1.57. The molecule has 1 amide bonds. The van der Waals surface area contributed by atoms with Crippen LogP contribution in [-0.4, -0.2) is 48.4 Å². The summed E-state index contributed by atoms with van der Waals surface area (Å²) in [6.07, 6.45) is 3.76. The van der Waals surface area contributed by atoms with E-state index >= 15 is 0 Å². The van der Waals surface area contributed by atoms with Gasteiger partial charge in [-0.2, -0.15) is 0 Å². The SMILES string of the molecule is COCCOc1ncccc1C1C(C(=O)CC(C)C)=C(O)C(=O)N1c1ccc(SC)cc1. The maximum Gasteiger partial charge on any atom is 0.294 e. The van der Waals surface area contributed by atoms with Crippen LogP contribution < -0.4 is 9.64 Å². The van der Waals surface area contributed by atoms with Gasteiger partial charge in [-0.25, -0.2) is 4.98 Å². The first kappa shape index (κ1) is 23.8. The molecule has 0 saturated carbocycles. The molecule has 1 atom stereocenters. The van der Waals surface area contributed by atoms with Crippen LogP contribution >= 0.6 is 11.8 Å². The molecule has 170 valence electrons. The number of amides is 1. The Labute approximate surface area is 192 Å². The zero-order valence-electron chi connectivity index (χ0n) is 18.7. The lowest BCUT2D eigenvalue weighted by atomic mass is 9.92. The van der Waals surface area contributed by atoms with Gasteiger partial charge in [-0.15, -0.1) is 11.8 Å². The van der Waals surface area contributed by atoms with Crippen LogP contribution in [0.25, 0.3) is 0 Å². The number of carbonyl (C=O) groups excluding carboxylic acids is 2. The lowest BCUT2D eigenvalue weighted by Crippen LogP contribution is -2.31. The van der Waals surface area contributed by atoms with Crippen LogP contribution in [0.3, 0.4) is 0 Å². The van der Waals surface area contributed by atoms with Crippen molar-refractivity contribution in [1.29, 1.82) is 0 Å². The Hall–Kier alpha value is -2.84. The molecular formula is C24H28N2O5S. The first-order valence-corrected chi connectivity index (χ1v) is 11.6. The maximum absolute atomic E-state index is 13.2. The Morgan fingerprint density at radius 2 is 1.94 bits per heavy atom. The number of ketones is 1. The molecule has 32 heavy (non-hydrogen) atoms. The van der Waals surface area contributed by atoms with Crippen molar-refractivity contribution in [1.82, 2.24) is 4.98 Å². The fourth-order valence-electron chi connectivity index (χ4n) is 3.63. The van der Waals surface area contributed by atoms with Crippen molar-refractivity contribution in [2.75, 3.05) is 31.5 Å². The minimum atomic E-state index is -0.847. The van der Waals surface area contributed by atoms with Gasteiger partial charge in [0.05, 0.1) is 12.2 Å². The second kappa shape index (κ2) is 10.7. The third-order valence-corrected chi connectivity index (χ3v) is 5.82.